The van der Waals surface area contributed by atoms with Gasteiger partial charge < -0.3 is 4.90 Å². The minimum Gasteiger partial charge on any atom is -0.342 e. The molecule has 4 heteroatoms. The molecule has 0 amide bonds. The normalized spacial score (nSPS) is 15.8. The zero-order chi connectivity index (χ0) is 17.0. The molecule has 4 nitrogen and oxygen atoms in total. The SMILES string of the molecule is C=C/C(C)=C(C)/N=C(\C)CN1C=C(CC)c2cnncc2C1=C. The average molecular weight is 308 g/mol. The van der Waals surface area contributed by atoms with Gasteiger partial charge in [-0.2, -0.15) is 10.2 Å². The van der Waals surface area contributed by atoms with E-state index in [9.17, 15) is 0 Å². The van der Waals surface area contributed by atoms with E-state index in [1.165, 1.54) is 5.57 Å². The number of hydrogen-bond acceptors (Lipinski definition) is 4. The molecule has 2 heterocycles. The van der Waals surface area contributed by atoms with Gasteiger partial charge in [-0.15, -0.1) is 0 Å². The van der Waals surface area contributed by atoms with Gasteiger partial charge in [-0.25, -0.2) is 0 Å². The lowest BCUT2D eigenvalue weighted by atomic mass is 9.96. The minimum absolute atomic E-state index is 0.700. The Morgan fingerprint density at radius 3 is 2.48 bits per heavy atom. The highest BCUT2D eigenvalue weighted by molar-refractivity contribution is 5.89. The van der Waals surface area contributed by atoms with E-state index in [2.05, 4.69) is 46.4 Å². The Morgan fingerprint density at radius 1 is 1.22 bits per heavy atom. The molecule has 0 N–H and O–H groups in total. The summed E-state index contributed by atoms with van der Waals surface area (Å²) in [5, 5.41) is 8.00. The molecule has 1 aromatic rings. The second kappa shape index (κ2) is 7.18. The highest BCUT2D eigenvalue weighted by Gasteiger charge is 2.20. The van der Waals surface area contributed by atoms with Gasteiger partial charge in [0, 0.05) is 34.4 Å². The average Bonchev–Trinajstić information content (AvgIpc) is 2.56. The molecule has 120 valence electrons. The van der Waals surface area contributed by atoms with Crippen molar-refractivity contribution in [1.82, 2.24) is 15.1 Å². The lowest BCUT2D eigenvalue weighted by molar-refractivity contribution is 0.603. The number of nitrogens with zero attached hydrogens (tertiary/aromatic N) is 4. The van der Waals surface area contributed by atoms with Crippen molar-refractivity contribution in [2.24, 2.45) is 4.99 Å². The summed E-state index contributed by atoms with van der Waals surface area (Å²) in [6.45, 7) is 16.9. The third-order valence-electron chi connectivity index (χ3n) is 4.06. The quantitative estimate of drug-likeness (QED) is 0.596. The number of fused-ring (bicyclic) bond motifs is 1. The van der Waals surface area contributed by atoms with E-state index in [0.717, 1.165) is 40.2 Å². The smallest absolute Gasteiger partial charge is 0.0606 e. The van der Waals surface area contributed by atoms with Crippen LogP contribution < -0.4 is 0 Å². The zero-order valence-corrected chi connectivity index (χ0v) is 14.4. The Morgan fingerprint density at radius 2 is 1.87 bits per heavy atom. The first kappa shape index (κ1) is 16.9. The van der Waals surface area contributed by atoms with Crippen LogP contribution in [-0.2, 0) is 0 Å². The van der Waals surface area contributed by atoms with Crippen LogP contribution in [0, 0.1) is 0 Å². The van der Waals surface area contributed by atoms with Crippen molar-refractivity contribution in [3.63, 3.8) is 0 Å². The van der Waals surface area contributed by atoms with Crippen molar-refractivity contribution in [3.8, 4) is 0 Å². The summed E-state index contributed by atoms with van der Waals surface area (Å²) in [5.74, 6) is 0. The van der Waals surface area contributed by atoms with Crippen molar-refractivity contribution in [2.75, 3.05) is 6.54 Å². The number of aromatic nitrogens is 2. The monoisotopic (exact) mass is 308 g/mol. The van der Waals surface area contributed by atoms with Crippen LogP contribution in [0.3, 0.4) is 0 Å². The molecule has 1 aliphatic rings. The fourth-order valence-electron chi connectivity index (χ4n) is 2.52. The maximum absolute atomic E-state index is 4.67. The Labute approximate surface area is 138 Å². The van der Waals surface area contributed by atoms with Gasteiger partial charge in [-0.1, -0.05) is 26.2 Å². The molecule has 0 radical (unpaired) electrons. The molecular formula is C19H24N4. The molecule has 0 aromatic carbocycles. The van der Waals surface area contributed by atoms with Crippen molar-refractivity contribution < 1.29 is 0 Å². The Bertz CT molecular complexity index is 723. The summed E-state index contributed by atoms with van der Waals surface area (Å²) in [5.41, 5.74) is 7.45. The van der Waals surface area contributed by atoms with Crippen molar-refractivity contribution in [3.05, 3.63) is 60.2 Å². The van der Waals surface area contributed by atoms with Gasteiger partial charge in [0.1, 0.15) is 0 Å². The van der Waals surface area contributed by atoms with Gasteiger partial charge >= 0.3 is 0 Å². The Kier molecular flexibility index (Phi) is 5.27. The third-order valence-corrected chi connectivity index (χ3v) is 4.06. The summed E-state index contributed by atoms with van der Waals surface area (Å²) >= 11 is 0. The molecule has 0 fully saturated rings. The van der Waals surface area contributed by atoms with E-state index in [1.54, 1.807) is 6.20 Å². The molecule has 0 atom stereocenters. The highest BCUT2D eigenvalue weighted by Crippen LogP contribution is 2.33. The number of aliphatic imine (C=N–C) groups is 1. The van der Waals surface area contributed by atoms with E-state index in [1.807, 2.05) is 33.0 Å². The van der Waals surface area contributed by atoms with Crippen LogP contribution in [0.1, 0.15) is 45.2 Å². The van der Waals surface area contributed by atoms with Crippen LogP contribution in [0.4, 0.5) is 0 Å². The van der Waals surface area contributed by atoms with Crippen LogP contribution in [0.5, 0.6) is 0 Å². The zero-order valence-electron chi connectivity index (χ0n) is 14.4. The standard InChI is InChI=1S/C19H24N4/c1-7-13(3)15(5)22-14(4)11-23-12-17(8-2)19-10-21-20-9-18(19)16(23)6/h7,9-10,12H,1,6,8,11H2,2-5H3/b15-13+,22-14+. The molecule has 0 bridgehead atoms. The Balaban J connectivity index is 2.30. The van der Waals surface area contributed by atoms with E-state index in [4.69, 9.17) is 0 Å². The number of hydrogen-bond donors (Lipinski definition) is 0. The van der Waals surface area contributed by atoms with Crippen LogP contribution in [-0.4, -0.2) is 27.4 Å². The maximum Gasteiger partial charge on any atom is 0.0606 e. The molecular weight excluding hydrogens is 284 g/mol. The summed E-state index contributed by atoms with van der Waals surface area (Å²) in [6.07, 6.45) is 8.51. The van der Waals surface area contributed by atoms with Crippen molar-refractivity contribution in [1.29, 1.82) is 0 Å². The molecule has 0 saturated carbocycles. The molecule has 0 saturated heterocycles. The van der Waals surface area contributed by atoms with E-state index >= 15 is 0 Å². The summed E-state index contributed by atoms with van der Waals surface area (Å²) < 4.78 is 0. The van der Waals surface area contributed by atoms with Crippen molar-refractivity contribution >= 4 is 17.0 Å². The predicted octanol–water partition coefficient (Wildman–Crippen LogP) is 4.45. The van der Waals surface area contributed by atoms with Crippen LogP contribution in [0.2, 0.25) is 0 Å². The van der Waals surface area contributed by atoms with E-state index in [0.29, 0.717) is 6.54 Å². The Hall–Kier alpha value is -2.49. The van der Waals surface area contributed by atoms with Gasteiger partial charge in [0.15, 0.2) is 0 Å². The molecule has 1 aromatic heterocycles. The first-order valence-corrected chi connectivity index (χ1v) is 7.79. The summed E-state index contributed by atoms with van der Waals surface area (Å²) in [6, 6.07) is 0. The second-order valence-electron chi connectivity index (χ2n) is 5.72. The molecule has 0 aliphatic carbocycles. The second-order valence-corrected chi connectivity index (χ2v) is 5.72. The fourth-order valence-corrected chi connectivity index (χ4v) is 2.52. The predicted molar refractivity (Wildman–Crippen MR) is 97.7 cm³/mol. The molecule has 2 rings (SSSR count). The van der Waals surface area contributed by atoms with Crippen LogP contribution in [0.25, 0.3) is 11.3 Å². The van der Waals surface area contributed by atoms with Gasteiger partial charge in [0.25, 0.3) is 0 Å². The first-order valence-electron chi connectivity index (χ1n) is 7.79. The van der Waals surface area contributed by atoms with Crippen molar-refractivity contribution in [2.45, 2.75) is 34.1 Å². The molecule has 0 unspecified atom stereocenters. The molecule has 0 spiro atoms. The first-order chi connectivity index (χ1) is 11.0. The van der Waals surface area contributed by atoms with Gasteiger partial charge in [-0.05, 0) is 38.3 Å². The molecule has 1 aliphatic heterocycles. The lowest BCUT2D eigenvalue weighted by Gasteiger charge is -2.30. The van der Waals surface area contributed by atoms with Gasteiger partial charge in [0.2, 0.25) is 0 Å². The van der Waals surface area contributed by atoms with E-state index < -0.39 is 0 Å². The van der Waals surface area contributed by atoms with Crippen LogP contribution in [0.15, 0.2) is 54.1 Å². The number of rotatable bonds is 5. The lowest BCUT2D eigenvalue weighted by Crippen LogP contribution is -2.25. The fraction of sp³-hybridized carbons (Fsp3) is 0.316. The summed E-state index contributed by atoms with van der Waals surface area (Å²) in [7, 11) is 0. The largest absolute Gasteiger partial charge is 0.342 e. The summed E-state index contributed by atoms with van der Waals surface area (Å²) in [4.78, 5) is 6.81. The minimum atomic E-state index is 0.700. The highest BCUT2D eigenvalue weighted by atomic mass is 15.1. The van der Waals surface area contributed by atoms with Gasteiger partial charge in [-0.3, -0.25) is 4.99 Å². The maximum atomic E-state index is 4.67. The topological polar surface area (TPSA) is 41.4 Å². The third kappa shape index (κ3) is 3.65. The van der Waals surface area contributed by atoms with E-state index in [-0.39, 0.29) is 0 Å². The molecule has 23 heavy (non-hydrogen) atoms. The van der Waals surface area contributed by atoms with Gasteiger partial charge in [0.05, 0.1) is 18.9 Å². The number of allylic oxidation sites excluding steroid dienone is 4. The van der Waals surface area contributed by atoms with Crippen LogP contribution >= 0.6 is 0 Å².